The van der Waals surface area contributed by atoms with Gasteiger partial charge < -0.3 is 25.4 Å². The number of pyridine rings is 1. The highest BCUT2D eigenvalue weighted by Gasteiger charge is 2.55. The van der Waals surface area contributed by atoms with Crippen LogP contribution in [0, 0.1) is 17.8 Å². The predicted octanol–water partition coefficient (Wildman–Crippen LogP) is 2.67. The highest BCUT2D eigenvalue weighted by Crippen LogP contribution is 2.48. The number of phenolic OH excluding ortho intramolecular Hbond substituents is 1. The number of fused-ring (bicyclic) bond motifs is 1. The van der Waals surface area contributed by atoms with Gasteiger partial charge in [0.15, 0.2) is 0 Å². The number of amides is 2. The molecule has 4 atom stereocenters. The molecule has 0 radical (unpaired) electrons. The van der Waals surface area contributed by atoms with Crippen LogP contribution in [-0.4, -0.2) is 62.0 Å². The number of aromatic hydroxyl groups is 1. The second-order valence-electron chi connectivity index (χ2n) is 11.0. The Hall–Kier alpha value is -4.09. The van der Waals surface area contributed by atoms with Gasteiger partial charge in [0.2, 0.25) is 11.8 Å². The van der Waals surface area contributed by atoms with Crippen LogP contribution < -0.4 is 10.4 Å². The Bertz CT molecular complexity index is 1560. The fourth-order valence-corrected chi connectivity index (χ4v) is 6.45. The van der Waals surface area contributed by atoms with E-state index in [-0.39, 0.29) is 29.7 Å². The number of aromatic nitrogens is 1. The monoisotopic (exact) mass is 582 g/mol. The first-order valence-electron chi connectivity index (χ1n) is 14.5. The summed E-state index contributed by atoms with van der Waals surface area (Å²) in [5.41, 5.74) is 3.95. The van der Waals surface area contributed by atoms with E-state index < -0.39 is 49.4 Å². The molecule has 5 rings (SSSR count). The molecule has 1 aliphatic carbocycles. The molecule has 3 aromatic rings. The number of anilines is 1. The third-order valence-electron chi connectivity index (χ3n) is 8.54. The number of allylic oxidation sites excluding steroid dienone is 2. The Labute approximate surface area is 250 Å². The summed E-state index contributed by atoms with van der Waals surface area (Å²) in [6, 6.07) is 18.5. The van der Waals surface area contributed by atoms with E-state index in [4.69, 9.17) is 0 Å². The molecule has 0 bridgehead atoms. The van der Waals surface area contributed by atoms with Crippen molar-refractivity contribution in [2.24, 2.45) is 17.8 Å². The van der Waals surface area contributed by atoms with Crippen LogP contribution in [0.2, 0.25) is 0 Å². The molecular formula is C33H35BN2O7. The zero-order chi connectivity index (χ0) is 30.7. The lowest BCUT2D eigenvalue weighted by molar-refractivity contribution is -0.123. The fourth-order valence-electron chi connectivity index (χ4n) is 6.45. The second-order valence-corrected chi connectivity index (χ2v) is 11.0. The fraction of sp³-hybridized carbons (Fsp3) is 0.303. The number of imide groups is 1. The minimum absolute atomic E-state index is 0.124. The number of para-hydroxylation sites is 1. The van der Waals surface area contributed by atoms with E-state index >= 15 is 0 Å². The molecule has 2 aliphatic rings. The average Bonchev–Trinajstić information content (AvgIpc) is 3.28. The topological polar surface area (TPSA) is 151 Å². The van der Waals surface area contributed by atoms with Gasteiger partial charge in [-0.05, 0) is 78.7 Å². The third-order valence-corrected chi connectivity index (χ3v) is 8.54. The molecule has 222 valence electrons. The summed E-state index contributed by atoms with van der Waals surface area (Å²) in [6.07, 6.45) is 4.02. The summed E-state index contributed by atoms with van der Waals surface area (Å²) in [5, 5.41) is 51.8. The molecule has 1 saturated heterocycles. The lowest BCUT2D eigenvalue weighted by atomic mass is 9.67. The summed E-state index contributed by atoms with van der Waals surface area (Å²) in [7, 11) is -1.76. The number of benzene rings is 2. The molecule has 10 heteroatoms. The molecule has 9 nitrogen and oxygen atoms in total. The molecule has 1 fully saturated rings. The summed E-state index contributed by atoms with van der Waals surface area (Å²) in [6.45, 7) is 1.51. The molecule has 0 unspecified atom stereocenters. The van der Waals surface area contributed by atoms with Crippen LogP contribution in [0.4, 0.5) is 5.69 Å². The van der Waals surface area contributed by atoms with Crippen molar-refractivity contribution in [2.45, 2.75) is 38.7 Å². The van der Waals surface area contributed by atoms with Gasteiger partial charge >= 0.3 is 7.12 Å². The number of hydrogen-bond donors (Lipinski definition) is 5. The van der Waals surface area contributed by atoms with Crippen molar-refractivity contribution >= 4 is 41.7 Å². The standard InChI is InChI=1S/C33H35BN2O7/c1-2-20-17-25-31(33(41)36(32(25)40)24-10-7-9-23(18-24)34(42)43)26(19-37)30(20)29(39)14-13-21(27-11-5-6-15-35-27)16-22-8-3-4-12-28(22)38/h3-12,15-16,18,25-26,29,31,37-39,42-43H,2,13-14,17,19H2,1H3/b21-16-/t25-,26+,29-,31-/m1/s1. The van der Waals surface area contributed by atoms with E-state index in [2.05, 4.69) is 4.98 Å². The van der Waals surface area contributed by atoms with Gasteiger partial charge in [-0.25, -0.2) is 0 Å². The lowest BCUT2D eigenvalue weighted by Crippen LogP contribution is -2.39. The number of hydrogen-bond acceptors (Lipinski definition) is 8. The van der Waals surface area contributed by atoms with Gasteiger partial charge in [0, 0.05) is 17.7 Å². The first kappa shape index (κ1) is 30.4. The van der Waals surface area contributed by atoms with E-state index in [0.29, 0.717) is 29.7 Å². The van der Waals surface area contributed by atoms with Crippen molar-refractivity contribution in [1.29, 1.82) is 0 Å². The molecule has 2 aromatic carbocycles. The Balaban J connectivity index is 1.43. The smallest absolute Gasteiger partial charge is 0.488 e. The summed E-state index contributed by atoms with van der Waals surface area (Å²) in [5.74, 6) is -3.06. The van der Waals surface area contributed by atoms with Crippen molar-refractivity contribution in [3.05, 3.63) is 95.3 Å². The molecule has 2 amide bonds. The molecular weight excluding hydrogens is 547 g/mol. The summed E-state index contributed by atoms with van der Waals surface area (Å²) >= 11 is 0. The predicted molar refractivity (Wildman–Crippen MR) is 164 cm³/mol. The van der Waals surface area contributed by atoms with Gasteiger partial charge in [-0.1, -0.05) is 48.9 Å². The number of phenols is 1. The van der Waals surface area contributed by atoms with Crippen molar-refractivity contribution < 1.29 is 35.0 Å². The third kappa shape index (κ3) is 6.05. The van der Waals surface area contributed by atoms with Gasteiger partial charge in [0.25, 0.3) is 0 Å². The van der Waals surface area contributed by atoms with E-state index in [9.17, 15) is 35.0 Å². The maximum absolute atomic E-state index is 13.8. The van der Waals surface area contributed by atoms with Gasteiger partial charge in [0.05, 0.1) is 35.9 Å². The quantitative estimate of drug-likeness (QED) is 0.139. The number of carbonyl (C=O) groups excluding carboxylic acids is 2. The maximum atomic E-state index is 13.8. The normalized spacial score (nSPS) is 21.3. The number of nitrogens with zero attached hydrogens (tertiary/aromatic N) is 2. The molecule has 2 heterocycles. The van der Waals surface area contributed by atoms with E-state index in [1.807, 2.05) is 37.3 Å². The van der Waals surface area contributed by atoms with E-state index in [0.717, 1.165) is 16.0 Å². The van der Waals surface area contributed by atoms with Gasteiger partial charge in [0.1, 0.15) is 5.75 Å². The molecule has 1 aromatic heterocycles. The minimum Gasteiger partial charge on any atom is -0.507 e. The first-order valence-corrected chi connectivity index (χ1v) is 14.5. The second kappa shape index (κ2) is 13.1. The van der Waals surface area contributed by atoms with Crippen molar-refractivity contribution in [3.63, 3.8) is 0 Å². The maximum Gasteiger partial charge on any atom is 0.488 e. The zero-order valence-corrected chi connectivity index (χ0v) is 23.9. The Morgan fingerprint density at radius 1 is 1.07 bits per heavy atom. The van der Waals surface area contributed by atoms with Crippen molar-refractivity contribution in [3.8, 4) is 5.75 Å². The molecule has 0 spiro atoms. The highest BCUT2D eigenvalue weighted by molar-refractivity contribution is 6.58. The Morgan fingerprint density at radius 3 is 2.51 bits per heavy atom. The van der Waals surface area contributed by atoms with Gasteiger partial charge in [-0.2, -0.15) is 0 Å². The van der Waals surface area contributed by atoms with Crippen LogP contribution >= 0.6 is 0 Å². The van der Waals surface area contributed by atoms with Gasteiger partial charge in [-0.3, -0.25) is 19.5 Å². The van der Waals surface area contributed by atoms with Crippen LogP contribution in [0.1, 0.15) is 43.9 Å². The largest absolute Gasteiger partial charge is 0.507 e. The number of rotatable bonds is 10. The van der Waals surface area contributed by atoms with Crippen LogP contribution in [0.3, 0.4) is 0 Å². The molecule has 0 saturated carbocycles. The first-order chi connectivity index (χ1) is 20.7. The van der Waals surface area contributed by atoms with Crippen LogP contribution in [0.25, 0.3) is 11.6 Å². The Kier molecular flexibility index (Phi) is 9.22. The van der Waals surface area contributed by atoms with Crippen molar-refractivity contribution in [1.82, 2.24) is 4.98 Å². The molecule has 43 heavy (non-hydrogen) atoms. The Morgan fingerprint density at radius 2 is 1.84 bits per heavy atom. The average molecular weight is 582 g/mol. The highest BCUT2D eigenvalue weighted by atomic mass is 16.4. The van der Waals surface area contributed by atoms with Crippen LogP contribution in [0.5, 0.6) is 5.75 Å². The lowest BCUT2D eigenvalue weighted by Gasteiger charge is -2.36. The minimum atomic E-state index is -1.76. The van der Waals surface area contributed by atoms with Crippen molar-refractivity contribution in [2.75, 3.05) is 11.5 Å². The van der Waals surface area contributed by atoms with E-state index in [1.165, 1.54) is 12.1 Å². The SMILES string of the molecule is CCC1=C([C@H](O)CC/C(=C/c2ccccc2O)c2ccccn2)[C@H](CO)[C@@H]2C(=O)N(c3cccc(B(O)O)c3)C(=O)[C@@H]2C1. The zero-order valence-electron chi connectivity index (χ0n) is 23.9. The number of aliphatic hydroxyl groups is 2. The summed E-state index contributed by atoms with van der Waals surface area (Å²) in [4.78, 5) is 32.9. The number of aliphatic hydroxyl groups excluding tert-OH is 2. The number of carbonyl (C=O) groups is 2. The summed E-state index contributed by atoms with van der Waals surface area (Å²) < 4.78 is 0. The van der Waals surface area contributed by atoms with Gasteiger partial charge in [-0.15, -0.1) is 0 Å². The van der Waals surface area contributed by atoms with E-state index in [1.54, 1.807) is 36.5 Å². The van der Waals surface area contributed by atoms with Crippen LogP contribution in [-0.2, 0) is 9.59 Å². The van der Waals surface area contributed by atoms with Crippen LogP contribution in [0.15, 0.2) is 84.1 Å². The molecule has 5 N–H and O–H groups in total. The molecule has 1 aliphatic heterocycles.